The highest BCUT2D eigenvalue weighted by molar-refractivity contribution is 5.99. The van der Waals surface area contributed by atoms with Crippen LogP contribution in [-0.4, -0.2) is 50.6 Å². The summed E-state index contributed by atoms with van der Waals surface area (Å²) in [6.07, 6.45) is -1.45. The average molecular weight is 424 g/mol. The van der Waals surface area contributed by atoms with E-state index in [2.05, 4.69) is 5.32 Å². The Morgan fingerprint density at radius 3 is 2.23 bits per heavy atom. The van der Waals surface area contributed by atoms with Gasteiger partial charge in [-0.3, -0.25) is 10.1 Å². The van der Waals surface area contributed by atoms with Crippen LogP contribution in [0.1, 0.15) is 32.4 Å². The van der Waals surface area contributed by atoms with Crippen LogP contribution in [0.3, 0.4) is 0 Å². The van der Waals surface area contributed by atoms with Gasteiger partial charge in [0.05, 0.1) is 42.0 Å². The normalized spacial score (nSPS) is 16.7. The van der Waals surface area contributed by atoms with E-state index in [1.165, 1.54) is 27.4 Å². The van der Waals surface area contributed by atoms with Crippen molar-refractivity contribution in [1.82, 2.24) is 5.32 Å². The number of nitrogens with zero attached hydrogens (tertiary/aromatic N) is 1. The van der Waals surface area contributed by atoms with Crippen LogP contribution in [0, 0.1) is 10.1 Å². The second-order valence-corrected chi connectivity index (χ2v) is 6.61. The zero-order valence-corrected chi connectivity index (χ0v) is 17.5. The van der Waals surface area contributed by atoms with Gasteiger partial charge < -0.3 is 28.7 Å². The van der Waals surface area contributed by atoms with Crippen LogP contribution in [-0.2, 0) is 28.5 Å². The van der Waals surface area contributed by atoms with Crippen molar-refractivity contribution in [3.63, 3.8) is 0 Å². The molecule has 2 rings (SSSR count). The van der Waals surface area contributed by atoms with Gasteiger partial charge in [0.1, 0.15) is 10.7 Å². The number of ether oxygens (including phenoxy) is 4. The maximum Gasteiger partial charge on any atom is 0.433 e. The average Bonchev–Trinajstić information content (AvgIpc) is 3.17. The molecule has 0 aromatic carbocycles. The maximum absolute atomic E-state index is 12.9. The van der Waals surface area contributed by atoms with Gasteiger partial charge in [-0.15, -0.1) is 0 Å². The van der Waals surface area contributed by atoms with Crippen LogP contribution in [0.2, 0.25) is 0 Å². The fourth-order valence-electron chi connectivity index (χ4n) is 3.14. The molecule has 11 heteroatoms. The smallest absolute Gasteiger partial charge is 0.433 e. The SMILES string of the molecule is COC(=O)C1=C(C(OC)OC)NC(C)=C(C(=O)OC(C)C)C1c1ccc([N+](=O)[O-])o1. The van der Waals surface area contributed by atoms with Gasteiger partial charge >= 0.3 is 17.8 Å². The van der Waals surface area contributed by atoms with Crippen LogP contribution in [0.15, 0.2) is 39.1 Å². The van der Waals surface area contributed by atoms with Crippen molar-refractivity contribution in [2.24, 2.45) is 0 Å². The number of carbonyl (C=O) groups is 2. The van der Waals surface area contributed by atoms with Gasteiger partial charge in [0.2, 0.25) is 0 Å². The summed E-state index contributed by atoms with van der Waals surface area (Å²) in [5.41, 5.74) is 0.501. The topological polar surface area (TPSA) is 139 Å². The number of esters is 2. The molecule has 164 valence electrons. The third-order valence-electron chi connectivity index (χ3n) is 4.30. The van der Waals surface area contributed by atoms with E-state index in [0.717, 1.165) is 6.07 Å². The standard InChI is InChI=1S/C19H24N2O9/c1-9(2)29-18(23)13-10(3)20-16(19(27-5)28-6)15(17(22)26-4)14(13)11-7-8-12(30-11)21(24)25/h7-9,14,19-20H,1-6H3. The van der Waals surface area contributed by atoms with Gasteiger partial charge in [-0.1, -0.05) is 0 Å². The van der Waals surface area contributed by atoms with E-state index in [9.17, 15) is 19.7 Å². The van der Waals surface area contributed by atoms with E-state index in [-0.39, 0.29) is 22.6 Å². The van der Waals surface area contributed by atoms with Crippen molar-refractivity contribution in [2.45, 2.75) is 39.1 Å². The van der Waals surface area contributed by atoms with E-state index >= 15 is 0 Å². The molecule has 1 aromatic heterocycles. The van der Waals surface area contributed by atoms with E-state index in [0.29, 0.717) is 5.70 Å². The molecule has 11 nitrogen and oxygen atoms in total. The van der Waals surface area contributed by atoms with Crippen molar-refractivity contribution in [2.75, 3.05) is 21.3 Å². The summed E-state index contributed by atoms with van der Waals surface area (Å²) in [7, 11) is 3.90. The zero-order valence-electron chi connectivity index (χ0n) is 17.5. The molecule has 0 saturated heterocycles. The lowest BCUT2D eigenvalue weighted by molar-refractivity contribution is -0.402. The number of nitrogens with one attached hydrogen (secondary N) is 1. The van der Waals surface area contributed by atoms with Crippen molar-refractivity contribution >= 4 is 17.8 Å². The molecule has 0 aliphatic carbocycles. The number of allylic oxidation sites excluding steroid dienone is 1. The predicted molar refractivity (Wildman–Crippen MR) is 102 cm³/mol. The highest BCUT2D eigenvalue weighted by Gasteiger charge is 2.43. The summed E-state index contributed by atoms with van der Waals surface area (Å²) in [5.74, 6) is -3.23. The molecule has 0 radical (unpaired) electrons. The van der Waals surface area contributed by atoms with E-state index in [1.807, 2.05) is 0 Å². The maximum atomic E-state index is 12.9. The first-order chi connectivity index (χ1) is 14.2. The minimum Gasteiger partial charge on any atom is -0.466 e. The number of methoxy groups -OCH3 is 3. The van der Waals surface area contributed by atoms with Gasteiger partial charge in [-0.25, -0.2) is 9.59 Å². The first-order valence-electron chi connectivity index (χ1n) is 8.97. The number of rotatable bonds is 8. The molecule has 1 N–H and O–H groups in total. The lowest BCUT2D eigenvalue weighted by Gasteiger charge is -2.32. The molecule has 2 heterocycles. The van der Waals surface area contributed by atoms with E-state index in [4.69, 9.17) is 23.4 Å². The number of hydrogen-bond acceptors (Lipinski definition) is 10. The Bertz CT molecular complexity index is 894. The van der Waals surface area contributed by atoms with Crippen molar-refractivity contribution in [3.8, 4) is 0 Å². The largest absolute Gasteiger partial charge is 0.466 e. The monoisotopic (exact) mass is 424 g/mol. The summed E-state index contributed by atoms with van der Waals surface area (Å²) in [6, 6.07) is 2.45. The van der Waals surface area contributed by atoms with Crippen molar-refractivity contribution in [1.29, 1.82) is 0 Å². The Labute approximate surface area is 172 Å². The fraction of sp³-hybridized carbons (Fsp3) is 0.474. The van der Waals surface area contributed by atoms with Crippen molar-refractivity contribution in [3.05, 3.63) is 50.5 Å². The molecule has 1 unspecified atom stereocenters. The second-order valence-electron chi connectivity index (χ2n) is 6.61. The van der Waals surface area contributed by atoms with E-state index < -0.39 is 41.1 Å². The number of dihydropyridines is 1. The summed E-state index contributed by atoms with van der Waals surface area (Å²) >= 11 is 0. The van der Waals surface area contributed by atoms with Crippen LogP contribution in [0.5, 0.6) is 0 Å². The fourth-order valence-corrected chi connectivity index (χ4v) is 3.14. The van der Waals surface area contributed by atoms with Crippen LogP contribution >= 0.6 is 0 Å². The number of furan rings is 1. The molecule has 0 bridgehead atoms. The van der Waals surface area contributed by atoms with Crippen LogP contribution in [0.4, 0.5) is 5.88 Å². The molecular weight excluding hydrogens is 400 g/mol. The Balaban J connectivity index is 2.77. The summed E-state index contributed by atoms with van der Waals surface area (Å²) in [4.78, 5) is 36.0. The third kappa shape index (κ3) is 4.52. The summed E-state index contributed by atoms with van der Waals surface area (Å²) in [5, 5.41) is 14.1. The lowest BCUT2D eigenvalue weighted by Crippen LogP contribution is -2.38. The van der Waals surface area contributed by atoms with Gasteiger partial charge in [-0.05, 0) is 26.8 Å². The quantitative estimate of drug-likeness (QED) is 0.286. The third-order valence-corrected chi connectivity index (χ3v) is 4.30. The first-order valence-corrected chi connectivity index (χ1v) is 8.97. The molecule has 1 aliphatic heterocycles. The van der Waals surface area contributed by atoms with Crippen molar-refractivity contribution < 1.29 is 37.9 Å². The summed E-state index contributed by atoms with van der Waals surface area (Å²) < 4.78 is 26.1. The Hall–Kier alpha value is -3.18. The number of carbonyl (C=O) groups excluding carboxylic acids is 2. The Morgan fingerprint density at radius 2 is 1.77 bits per heavy atom. The molecule has 0 amide bonds. The molecule has 0 saturated carbocycles. The highest BCUT2D eigenvalue weighted by atomic mass is 16.7. The number of hydrogen-bond donors (Lipinski definition) is 1. The predicted octanol–water partition coefficient (Wildman–Crippen LogP) is 2.15. The molecule has 0 spiro atoms. The lowest BCUT2D eigenvalue weighted by atomic mass is 9.83. The van der Waals surface area contributed by atoms with Gasteiger partial charge in [0.25, 0.3) is 0 Å². The number of nitro groups is 1. The molecule has 0 fully saturated rings. The van der Waals surface area contributed by atoms with Gasteiger partial charge in [-0.2, -0.15) is 0 Å². The second kappa shape index (κ2) is 9.55. The van der Waals surface area contributed by atoms with Crippen LogP contribution in [0.25, 0.3) is 0 Å². The molecule has 1 aliphatic rings. The minimum absolute atomic E-state index is 0.0119. The Kier molecular flexibility index (Phi) is 7.35. The molecule has 1 aromatic rings. The molecule has 30 heavy (non-hydrogen) atoms. The zero-order chi connectivity index (χ0) is 22.6. The van der Waals surface area contributed by atoms with Gasteiger partial charge in [0.15, 0.2) is 6.29 Å². The van der Waals surface area contributed by atoms with Crippen LogP contribution < -0.4 is 5.32 Å². The van der Waals surface area contributed by atoms with E-state index in [1.54, 1.807) is 20.8 Å². The molecule has 1 atom stereocenters. The first kappa shape index (κ1) is 23.1. The Morgan fingerprint density at radius 1 is 1.13 bits per heavy atom. The van der Waals surface area contributed by atoms with Gasteiger partial charge in [0, 0.05) is 19.9 Å². The summed E-state index contributed by atoms with van der Waals surface area (Å²) in [6.45, 7) is 4.94. The molecular formula is C19H24N2O9. The highest BCUT2D eigenvalue weighted by Crippen LogP contribution is 2.41. The minimum atomic E-state index is -1.15.